The zero-order valence-corrected chi connectivity index (χ0v) is 13.1. The standard InChI is InChI=1S/C16H27N3O2/c1-18(11-14-4-3-5-16(10-14)21-2)12-15(20)13-19-8-6-17-7-9-19/h3-5,10,15,17,20H,6-9,11-13H2,1-2H3. The number of ether oxygens (including phenoxy) is 1. The first-order chi connectivity index (χ1) is 10.2. The van der Waals surface area contributed by atoms with Gasteiger partial charge in [-0.25, -0.2) is 0 Å². The van der Waals surface area contributed by atoms with E-state index >= 15 is 0 Å². The van der Waals surface area contributed by atoms with Crippen molar-refractivity contribution in [2.75, 3.05) is 53.4 Å². The second-order valence-corrected chi connectivity index (χ2v) is 5.75. The minimum absolute atomic E-state index is 0.307. The average Bonchev–Trinajstić information content (AvgIpc) is 2.48. The summed E-state index contributed by atoms with van der Waals surface area (Å²) in [5.41, 5.74) is 1.20. The van der Waals surface area contributed by atoms with Crippen molar-refractivity contribution in [1.29, 1.82) is 0 Å². The normalized spacial score (nSPS) is 17.9. The van der Waals surface area contributed by atoms with Crippen LogP contribution in [0, 0.1) is 0 Å². The monoisotopic (exact) mass is 293 g/mol. The fourth-order valence-electron chi connectivity index (χ4n) is 2.76. The zero-order chi connectivity index (χ0) is 15.1. The molecule has 1 aromatic rings. The van der Waals surface area contributed by atoms with E-state index in [0.29, 0.717) is 6.54 Å². The third-order valence-corrected chi connectivity index (χ3v) is 3.79. The lowest BCUT2D eigenvalue weighted by atomic mass is 10.2. The Bertz CT molecular complexity index is 422. The van der Waals surface area contributed by atoms with E-state index in [4.69, 9.17) is 4.74 Å². The largest absolute Gasteiger partial charge is 0.497 e. The molecule has 5 heteroatoms. The molecule has 21 heavy (non-hydrogen) atoms. The first kappa shape index (κ1) is 16.2. The van der Waals surface area contributed by atoms with Gasteiger partial charge in [0.25, 0.3) is 0 Å². The van der Waals surface area contributed by atoms with E-state index in [0.717, 1.165) is 45.0 Å². The van der Waals surface area contributed by atoms with Gasteiger partial charge in [0.2, 0.25) is 0 Å². The van der Waals surface area contributed by atoms with E-state index in [1.165, 1.54) is 5.56 Å². The molecule has 0 saturated carbocycles. The van der Waals surface area contributed by atoms with Gasteiger partial charge in [0, 0.05) is 45.8 Å². The molecule has 0 aliphatic carbocycles. The molecule has 1 aliphatic heterocycles. The predicted molar refractivity (Wildman–Crippen MR) is 84.6 cm³/mol. The fourth-order valence-corrected chi connectivity index (χ4v) is 2.76. The Labute approximate surface area is 127 Å². The highest BCUT2D eigenvalue weighted by Gasteiger charge is 2.15. The molecule has 0 aromatic heterocycles. The molecule has 2 rings (SSSR count). The van der Waals surface area contributed by atoms with Crippen LogP contribution in [0.4, 0.5) is 0 Å². The molecule has 2 N–H and O–H groups in total. The van der Waals surface area contributed by atoms with Gasteiger partial charge in [0.15, 0.2) is 0 Å². The van der Waals surface area contributed by atoms with E-state index in [2.05, 4.69) is 21.2 Å². The predicted octanol–water partition coefficient (Wildman–Crippen LogP) is 0.393. The van der Waals surface area contributed by atoms with Gasteiger partial charge in [-0.15, -0.1) is 0 Å². The molecular weight excluding hydrogens is 266 g/mol. The highest BCUT2D eigenvalue weighted by molar-refractivity contribution is 5.28. The molecule has 0 amide bonds. The zero-order valence-electron chi connectivity index (χ0n) is 13.1. The Kier molecular flexibility index (Phi) is 6.45. The van der Waals surface area contributed by atoms with Gasteiger partial charge in [-0.3, -0.25) is 9.80 Å². The number of rotatable bonds is 7. The van der Waals surface area contributed by atoms with Crippen LogP contribution in [0.3, 0.4) is 0 Å². The molecule has 1 saturated heterocycles. The maximum absolute atomic E-state index is 10.2. The lowest BCUT2D eigenvalue weighted by Crippen LogP contribution is -2.47. The topological polar surface area (TPSA) is 48.0 Å². The third kappa shape index (κ3) is 5.63. The molecule has 5 nitrogen and oxygen atoms in total. The van der Waals surface area contributed by atoms with Crippen LogP contribution in [0.5, 0.6) is 5.75 Å². The number of likely N-dealkylation sites (N-methyl/N-ethyl adjacent to an activating group) is 1. The van der Waals surface area contributed by atoms with Crippen LogP contribution in [0.2, 0.25) is 0 Å². The Morgan fingerprint density at radius 3 is 2.86 bits per heavy atom. The van der Waals surface area contributed by atoms with Gasteiger partial charge in [0.05, 0.1) is 13.2 Å². The number of β-amino-alcohol motifs (C(OH)–C–C–N with tert-alkyl or cyclic N) is 1. The van der Waals surface area contributed by atoms with E-state index < -0.39 is 0 Å². The third-order valence-electron chi connectivity index (χ3n) is 3.79. The van der Waals surface area contributed by atoms with Crippen LogP contribution < -0.4 is 10.1 Å². The van der Waals surface area contributed by atoms with Crippen molar-refractivity contribution in [3.8, 4) is 5.75 Å². The minimum Gasteiger partial charge on any atom is -0.497 e. The summed E-state index contributed by atoms with van der Waals surface area (Å²) in [6, 6.07) is 8.07. The quantitative estimate of drug-likeness (QED) is 0.762. The van der Waals surface area contributed by atoms with Crippen LogP contribution in [0.25, 0.3) is 0 Å². The number of hydrogen-bond acceptors (Lipinski definition) is 5. The van der Waals surface area contributed by atoms with Crippen molar-refractivity contribution in [3.05, 3.63) is 29.8 Å². The van der Waals surface area contributed by atoms with Crippen molar-refractivity contribution in [1.82, 2.24) is 15.1 Å². The lowest BCUT2D eigenvalue weighted by Gasteiger charge is -2.30. The number of aliphatic hydroxyl groups is 1. The summed E-state index contributed by atoms with van der Waals surface area (Å²) in [4.78, 5) is 4.47. The van der Waals surface area contributed by atoms with Crippen LogP contribution in [-0.4, -0.2) is 74.4 Å². The molecule has 1 heterocycles. The fraction of sp³-hybridized carbons (Fsp3) is 0.625. The lowest BCUT2D eigenvalue weighted by molar-refractivity contribution is 0.0752. The summed E-state index contributed by atoms with van der Waals surface area (Å²) >= 11 is 0. The number of nitrogens with one attached hydrogen (secondary N) is 1. The van der Waals surface area contributed by atoms with Gasteiger partial charge < -0.3 is 15.2 Å². The van der Waals surface area contributed by atoms with Gasteiger partial charge in [-0.1, -0.05) is 12.1 Å². The first-order valence-corrected chi connectivity index (χ1v) is 7.60. The van der Waals surface area contributed by atoms with E-state index in [1.54, 1.807) is 7.11 Å². The Morgan fingerprint density at radius 2 is 2.14 bits per heavy atom. The van der Waals surface area contributed by atoms with E-state index in [9.17, 15) is 5.11 Å². The molecular formula is C16H27N3O2. The summed E-state index contributed by atoms with van der Waals surface area (Å²) in [6.45, 7) is 6.34. The first-order valence-electron chi connectivity index (χ1n) is 7.60. The SMILES string of the molecule is COc1cccc(CN(C)CC(O)CN2CCNCC2)c1. The second-order valence-electron chi connectivity index (χ2n) is 5.75. The summed E-state index contributed by atoms with van der Waals surface area (Å²) in [6.07, 6.45) is -0.307. The number of benzene rings is 1. The number of methoxy groups -OCH3 is 1. The van der Waals surface area contributed by atoms with Crippen LogP contribution >= 0.6 is 0 Å². The molecule has 1 unspecified atom stereocenters. The van der Waals surface area contributed by atoms with Crippen LogP contribution in [-0.2, 0) is 6.54 Å². The molecule has 118 valence electrons. The van der Waals surface area contributed by atoms with E-state index in [-0.39, 0.29) is 6.10 Å². The van der Waals surface area contributed by atoms with Crippen molar-refractivity contribution in [2.24, 2.45) is 0 Å². The second kappa shape index (κ2) is 8.34. The Hall–Kier alpha value is -1.14. The van der Waals surface area contributed by atoms with Gasteiger partial charge in [-0.05, 0) is 24.7 Å². The summed E-state index contributed by atoms with van der Waals surface area (Å²) in [5, 5.41) is 13.5. The summed E-state index contributed by atoms with van der Waals surface area (Å²) in [5.74, 6) is 0.877. The number of nitrogens with zero attached hydrogens (tertiary/aromatic N) is 2. The molecule has 0 radical (unpaired) electrons. The average molecular weight is 293 g/mol. The molecule has 0 bridgehead atoms. The number of hydrogen-bond donors (Lipinski definition) is 2. The highest BCUT2D eigenvalue weighted by atomic mass is 16.5. The minimum atomic E-state index is -0.307. The molecule has 1 fully saturated rings. The summed E-state index contributed by atoms with van der Waals surface area (Å²) in [7, 11) is 3.72. The maximum Gasteiger partial charge on any atom is 0.119 e. The highest BCUT2D eigenvalue weighted by Crippen LogP contribution is 2.14. The van der Waals surface area contributed by atoms with Crippen LogP contribution in [0.1, 0.15) is 5.56 Å². The maximum atomic E-state index is 10.2. The van der Waals surface area contributed by atoms with Crippen molar-refractivity contribution < 1.29 is 9.84 Å². The van der Waals surface area contributed by atoms with Gasteiger partial charge in [0.1, 0.15) is 5.75 Å². The van der Waals surface area contributed by atoms with Crippen LogP contribution in [0.15, 0.2) is 24.3 Å². The van der Waals surface area contributed by atoms with Gasteiger partial charge in [-0.2, -0.15) is 0 Å². The van der Waals surface area contributed by atoms with Crippen molar-refractivity contribution in [2.45, 2.75) is 12.6 Å². The number of aliphatic hydroxyl groups excluding tert-OH is 1. The molecule has 1 aromatic carbocycles. The molecule has 1 atom stereocenters. The molecule has 0 spiro atoms. The van der Waals surface area contributed by atoms with Crippen molar-refractivity contribution in [3.63, 3.8) is 0 Å². The smallest absolute Gasteiger partial charge is 0.119 e. The Morgan fingerprint density at radius 1 is 1.38 bits per heavy atom. The Balaban J connectivity index is 1.75. The van der Waals surface area contributed by atoms with Crippen molar-refractivity contribution >= 4 is 0 Å². The van der Waals surface area contributed by atoms with Gasteiger partial charge >= 0.3 is 0 Å². The number of piperazine rings is 1. The summed E-state index contributed by atoms with van der Waals surface area (Å²) < 4.78 is 5.24. The van der Waals surface area contributed by atoms with E-state index in [1.807, 2.05) is 25.2 Å². The molecule has 1 aliphatic rings.